The second-order valence-corrected chi connectivity index (χ2v) is 5.48. The van der Waals surface area contributed by atoms with Crippen LogP contribution in [0.15, 0.2) is 4.52 Å². The van der Waals surface area contributed by atoms with Gasteiger partial charge in [-0.1, -0.05) is 30.8 Å². The normalized spacial score (nSPS) is 20.6. The highest BCUT2D eigenvalue weighted by molar-refractivity contribution is 4.92. The van der Waals surface area contributed by atoms with Crippen LogP contribution in [0.1, 0.15) is 83.2 Å². The summed E-state index contributed by atoms with van der Waals surface area (Å²) < 4.78 is 16.8. The molecule has 0 spiro atoms. The van der Waals surface area contributed by atoms with Crippen LogP contribution in [0.3, 0.4) is 0 Å². The van der Waals surface area contributed by atoms with E-state index in [0.29, 0.717) is 24.4 Å². The van der Waals surface area contributed by atoms with Crippen molar-refractivity contribution in [3.05, 3.63) is 11.7 Å². The van der Waals surface area contributed by atoms with Crippen molar-refractivity contribution >= 4 is 0 Å². The van der Waals surface area contributed by atoms with E-state index in [2.05, 4.69) is 10.1 Å². The van der Waals surface area contributed by atoms with E-state index >= 15 is 0 Å². The molecule has 0 radical (unpaired) electrons. The monoisotopic (exact) mass is 282 g/mol. The largest absolute Gasteiger partial charge is 0.371 e. The summed E-state index contributed by atoms with van der Waals surface area (Å²) in [5.41, 5.74) is 0. The van der Waals surface area contributed by atoms with E-state index in [1.54, 1.807) is 0 Å². The summed E-state index contributed by atoms with van der Waals surface area (Å²) in [6.45, 7) is 6.50. The summed E-state index contributed by atoms with van der Waals surface area (Å²) >= 11 is 0. The van der Waals surface area contributed by atoms with Gasteiger partial charge < -0.3 is 14.0 Å². The van der Waals surface area contributed by atoms with E-state index in [9.17, 15) is 0 Å². The van der Waals surface area contributed by atoms with Crippen molar-refractivity contribution in [2.75, 3.05) is 6.61 Å². The molecular weight excluding hydrogens is 256 g/mol. The maximum atomic E-state index is 6.07. The first-order chi connectivity index (χ1) is 9.70. The predicted octanol–water partition coefficient (Wildman–Crippen LogP) is 3.97. The summed E-state index contributed by atoms with van der Waals surface area (Å²) in [5, 5.41) is 3.98. The molecule has 0 N–H and O–H groups in total. The first-order valence-electron chi connectivity index (χ1n) is 7.81. The van der Waals surface area contributed by atoms with E-state index in [4.69, 9.17) is 14.0 Å². The second kappa shape index (κ2) is 7.74. The first kappa shape index (κ1) is 15.4. The number of hydrogen-bond acceptors (Lipinski definition) is 5. The standard InChI is InChI=1S/C15H26N2O3/c1-4-18-11(2)14-16-15(20-17-14)12(3)19-13-9-7-5-6-8-10-13/h11-13H,4-10H2,1-3H3/t11-,12-/m1/s1. The van der Waals surface area contributed by atoms with Crippen LogP contribution >= 0.6 is 0 Å². The third-order valence-corrected chi connectivity index (χ3v) is 3.78. The Bertz CT molecular complexity index is 386. The molecule has 0 amide bonds. The lowest BCUT2D eigenvalue weighted by Crippen LogP contribution is -2.15. The Kier molecular flexibility index (Phi) is 5.98. The molecule has 0 aliphatic heterocycles. The number of nitrogens with zero attached hydrogens (tertiary/aromatic N) is 2. The lowest BCUT2D eigenvalue weighted by molar-refractivity contribution is -0.0259. The molecule has 114 valence electrons. The highest BCUT2D eigenvalue weighted by atomic mass is 16.5. The molecule has 0 bridgehead atoms. The second-order valence-electron chi connectivity index (χ2n) is 5.48. The Morgan fingerprint density at radius 2 is 1.85 bits per heavy atom. The van der Waals surface area contributed by atoms with Gasteiger partial charge in [0, 0.05) is 6.61 Å². The molecule has 2 rings (SSSR count). The fraction of sp³-hybridized carbons (Fsp3) is 0.867. The molecule has 1 fully saturated rings. The van der Waals surface area contributed by atoms with Crippen molar-refractivity contribution in [3.63, 3.8) is 0 Å². The lowest BCUT2D eigenvalue weighted by Gasteiger charge is -2.18. The summed E-state index contributed by atoms with van der Waals surface area (Å²) in [7, 11) is 0. The van der Waals surface area contributed by atoms with Gasteiger partial charge in [-0.15, -0.1) is 0 Å². The first-order valence-corrected chi connectivity index (χ1v) is 7.81. The van der Waals surface area contributed by atoms with Crippen LogP contribution in [0.25, 0.3) is 0 Å². The summed E-state index contributed by atoms with van der Waals surface area (Å²) in [6, 6.07) is 0. The fourth-order valence-corrected chi connectivity index (χ4v) is 2.63. The third kappa shape index (κ3) is 4.28. The SMILES string of the molecule is CCO[C@H](C)c1noc([C@@H](C)OC2CCCCCC2)n1. The van der Waals surface area contributed by atoms with Crippen LogP contribution in [0, 0.1) is 0 Å². The molecule has 20 heavy (non-hydrogen) atoms. The number of rotatable bonds is 6. The number of hydrogen-bond donors (Lipinski definition) is 0. The molecule has 2 atom stereocenters. The van der Waals surface area contributed by atoms with E-state index in [0.717, 1.165) is 12.8 Å². The van der Waals surface area contributed by atoms with Crippen LogP contribution in [0.2, 0.25) is 0 Å². The molecule has 1 saturated carbocycles. The fourth-order valence-electron chi connectivity index (χ4n) is 2.63. The molecule has 0 saturated heterocycles. The van der Waals surface area contributed by atoms with Crippen molar-refractivity contribution in [2.45, 2.75) is 77.6 Å². The van der Waals surface area contributed by atoms with Gasteiger partial charge in [0.1, 0.15) is 12.2 Å². The topological polar surface area (TPSA) is 57.4 Å². The Morgan fingerprint density at radius 1 is 1.15 bits per heavy atom. The minimum absolute atomic E-state index is 0.136. The predicted molar refractivity (Wildman–Crippen MR) is 75.3 cm³/mol. The Morgan fingerprint density at radius 3 is 2.50 bits per heavy atom. The maximum Gasteiger partial charge on any atom is 0.255 e. The molecular formula is C15H26N2O3. The number of aromatic nitrogens is 2. The molecule has 0 unspecified atom stereocenters. The average molecular weight is 282 g/mol. The van der Waals surface area contributed by atoms with Gasteiger partial charge in [-0.3, -0.25) is 0 Å². The molecule has 1 aromatic rings. The molecule has 1 heterocycles. The maximum absolute atomic E-state index is 6.07. The average Bonchev–Trinajstić information content (AvgIpc) is 2.79. The molecule has 1 aliphatic rings. The molecule has 5 heteroatoms. The Balaban J connectivity index is 1.89. The van der Waals surface area contributed by atoms with Crippen LogP contribution in [-0.4, -0.2) is 22.9 Å². The van der Waals surface area contributed by atoms with Crippen LogP contribution in [0.5, 0.6) is 0 Å². The van der Waals surface area contributed by atoms with Gasteiger partial charge >= 0.3 is 0 Å². The minimum atomic E-state index is -0.145. The smallest absolute Gasteiger partial charge is 0.255 e. The highest BCUT2D eigenvalue weighted by Crippen LogP contribution is 2.26. The lowest BCUT2D eigenvalue weighted by atomic mass is 10.1. The van der Waals surface area contributed by atoms with Crippen molar-refractivity contribution in [1.82, 2.24) is 10.1 Å². The zero-order valence-corrected chi connectivity index (χ0v) is 12.8. The van der Waals surface area contributed by atoms with Crippen LogP contribution in [0.4, 0.5) is 0 Å². The molecule has 5 nitrogen and oxygen atoms in total. The van der Waals surface area contributed by atoms with E-state index in [1.165, 1.54) is 25.7 Å². The third-order valence-electron chi connectivity index (χ3n) is 3.78. The van der Waals surface area contributed by atoms with Crippen LogP contribution in [-0.2, 0) is 9.47 Å². The van der Waals surface area contributed by atoms with Crippen molar-refractivity contribution in [2.24, 2.45) is 0 Å². The Labute approximate surface area is 121 Å². The van der Waals surface area contributed by atoms with Crippen molar-refractivity contribution in [3.8, 4) is 0 Å². The zero-order valence-electron chi connectivity index (χ0n) is 12.8. The van der Waals surface area contributed by atoms with Crippen molar-refractivity contribution < 1.29 is 14.0 Å². The van der Waals surface area contributed by atoms with Crippen molar-refractivity contribution in [1.29, 1.82) is 0 Å². The molecule has 1 aromatic heterocycles. The highest BCUT2D eigenvalue weighted by Gasteiger charge is 2.22. The molecule has 1 aliphatic carbocycles. The van der Waals surface area contributed by atoms with E-state index in [-0.39, 0.29) is 12.2 Å². The quantitative estimate of drug-likeness (QED) is 0.739. The van der Waals surface area contributed by atoms with Gasteiger partial charge in [0.25, 0.3) is 5.89 Å². The Hall–Kier alpha value is -0.940. The number of ether oxygens (including phenoxy) is 2. The summed E-state index contributed by atoms with van der Waals surface area (Å²) in [6.07, 6.45) is 7.49. The summed E-state index contributed by atoms with van der Waals surface area (Å²) in [5.74, 6) is 1.15. The van der Waals surface area contributed by atoms with Gasteiger partial charge in [-0.2, -0.15) is 4.98 Å². The minimum Gasteiger partial charge on any atom is -0.371 e. The van der Waals surface area contributed by atoms with Gasteiger partial charge in [-0.25, -0.2) is 0 Å². The van der Waals surface area contributed by atoms with Crippen LogP contribution < -0.4 is 0 Å². The molecule has 0 aromatic carbocycles. The van der Waals surface area contributed by atoms with Gasteiger partial charge in [-0.05, 0) is 33.6 Å². The van der Waals surface area contributed by atoms with Gasteiger partial charge in [0.15, 0.2) is 5.82 Å². The van der Waals surface area contributed by atoms with Gasteiger partial charge in [0.2, 0.25) is 0 Å². The van der Waals surface area contributed by atoms with Gasteiger partial charge in [0.05, 0.1) is 6.10 Å². The zero-order chi connectivity index (χ0) is 14.4. The van der Waals surface area contributed by atoms with E-state index in [1.807, 2.05) is 20.8 Å². The van der Waals surface area contributed by atoms with E-state index < -0.39 is 0 Å². The summed E-state index contributed by atoms with van der Waals surface area (Å²) in [4.78, 5) is 4.39.